The highest BCUT2D eigenvalue weighted by Gasteiger charge is 2.36. The van der Waals surface area contributed by atoms with E-state index in [-0.39, 0.29) is 21.1 Å². The van der Waals surface area contributed by atoms with E-state index in [1.165, 1.54) is 24.3 Å². The summed E-state index contributed by atoms with van der Waals surface area (Å²) in [5.74, 6) is -1.21. The smallest absolute Gasteiger partial charge is 0.339 e. The van der Waals surface area contributed by atoms with Gasteiger partial charge in [-0.05, 0) is 67.2 Å². The summed E-state index contributed by atoms with van der Waals surface area (Å²) in [7, 11) is -4.15. The van der Waals surface area contributed by atoms with Gasteiger partial charge in [-0.3, -0.25) is 19.3 Å². The minimum absolute atomic E-state index is 0.0209. The van der Waals surface area contributed by atoms with Crippen LogP contribution in [0, 0.1) is 6.92 Å². The molecule has 1 N–H and O–H groups in total. The summed E-state index contributed by atoms with van der Waals surface area (Å²) in [6, 6.07) is 19.4. The van der Waals surface area contributed by atoms with Gasteiger partial charge in [0.25, 0.3) is 11.1 Å². The second kappa shape index (κ2) is 10.7. The molecule has 36 heavy (non-hydrogen) atoms. The number of halogens is 1. The number of thioether (sulfide) groups is 1. The fourth-order valence-corrected chi connectivity index (χ4v) is 5.38. The summed E-state index contributed by atoms with van der Waals surface area (Å²) < 4.78 is 31.6. The summed E-state index contributed by atoms with van der Waals surface area (Å²) in [6.45, 7) is 1.38. The Labute approximate surface area is 220 Å². The molecule has 0 saturated carbocycles. The average molecular weight is 587 g/mol. The molecular formula is C25H19BrN2O6S2. The van der Waals surface area contributed by atoms with Crippen LogP contribution in [0.4, 0.5) is 10.5 Å². The number of aryl methyl sites for hydroxylation is 1. The number of anilines is 1. The third-order valence-corrected chi connectivity index (χ3v) is 7.65. The normalized spacial score (nSPS) is 14.8. The number of rotatable bonds is 7. The molecule has 184 valence electrons. The van der Waals surface area contributed by atoms with Crippen molar-refractivity contribution in [3.63, 3.8) is 0 Å². The number of nitrogens with zero attached hydrogens (tertiary/aromatic N) is 1. The second-order valence-corrected chi connectivity index (χ2v) is 11.2. The lowest BCUT2D eigenvalue weighted by atomic mass is 10.2. The maximum Gasteiger partial charge on any atom is 0.339 e. The van der Waals surface area contributed by atoms with Crippen LogP contribution in [0.2, 0.25) is 0 Å². The van der Waals surface area contributed by atoms with Crippen LogP contribution in [0.3, 0.4) is 0 Å². The molecule has 4 rings (SSSR count). The number of hydrogen-bond acceptors (Lipinski definition) is 7. The van der Waals surface area contributed by atoms with Gasteiger partial charge in [-0.15, -0.1) is 0 Å². The molecule has 0 spiro atoms. The van der Waals surface area contributed by atoms with Gasteiger partial charge in [-0.2, -0.15) is 8.42 Å². The van der Waals surface area contributed by atoms with Crippen LogP contribution in [0.25, 0.3) is 6.08 Å². The molecule has 0 bridgehead atoms. The van der Waals surface area contributed by atoms with Crippen LogP contribution in [0.15, 0.2) is 87.1 Å². The zero-order valence-electron chi connectivity index (χ0n) is 18.8. The van der Waals surface area contributed by atoms with Crippen molar-refractivity contribution in [2.45, 2.75) is 11.8 Å². The van der Waals surface area contributed by atoms with Crippen molar-refractivity contribution < 1.29 is 27.0 Å². The minimum atomic E-state index is -4.15. The number of amides is 3. The standard InChI is InChI=1S/C25H19BrN2O6S2/c1-16-7-10-20(11-8-16)36(32,33)34-21-12-9-18(26)13-17(21)14-22-24(30)28(25(31)35-22)15-23(29)27-19-5-3-2-4-6-19/h2-14H,15H2,1H3,(H,27,29)/b22-14-. The maximum atomic E-state index is 12.9. The topological polar surface area (TPSA) is 110 Å². The molecule has 1 aliphatic rings. The van der Waals surface area contributed by atoms with E-state index in [1.807, 2.05) is 6.92 Å². The lowest BCUT2D eigenvalue weighted by Crippen LogP contribution is -2.36. The zero-order valence-corrected chi connectivity index (χ0v) is 22.0. The van der Waals surface area contributed by atoms with Gasteiger partial charge in [0.2, 0.25) is 5.91 Å². The van der Waals surface area contributed by atoms with Gasteiger partial charge in [-0.25, -0.2) is 0 Å². The Morgan fingerprint density at radius 3 is 2.44 bits per heavy atom. The van der Waals surface area contributed by atoms with E-state index in [0.717, 1.165) is 10.5 Å². The first-order valence-corrected chi connectivity index (χ1v) is 13.6. The summed E-state index contributed by atoms with van der Waals surface area (Å²) in [6.07, 6.45) is 1.37. The van der Waals surface area contributed by atoms with E-state index in [0.29, 0.717) is 21.9 Å². The molecule has 3 aromatic rings. The van der Waals surface area contributed by atoms with Gasteiger partial charge in [-0.1, -0.05) is 51.8 Å². The van der Waals surface area contributed by atoms with E-state index >= 15 is 0 Å². The molecule has 0 aliphatic carbocycles. The molecule has 1 aliphatic heterocycles. The Balaban J connectivity index is 1.55. The van der Waals surface area contributed by atoms with Crippen LogP contribution >= 0.6 is 27.7 Å². The molecular weight excluding hydrogens is 568 g/mol. The number of carbonyl (C=O) groups excluding carboxylic acids is 3. The third kappa shape index (κ3) is 6.04. The molecule has 0 atom stereocenters. The Kier molecular flexibility index (Phi) is 7.62. The summed E-state index contributed by atoms with van der Waals surface area (Å²) in [5, 5.41) is 2.02. The fraction of sp³-hybridized carbons (Fsp3) is 0.0800. The van der Waals surface area contributed by atoms with Gasteiger partial charge in [0.1, 0.15) is 17.2 Å². The van der Waals surface area contributed by atoms with Crippen molar-refractivity contribution in [3.8, 4) is 5.75 Å². The van der Waals surface area contributed by atoms with E-state index < -0.39 is 33.7 Å². The first-order chi connectivity index (χ1) is 17.1. The lowest BCUT2D eigenvalue weighted by molar-refractivity contribution is -0.127. The predicted molar refractivity (Wildman–Crippen MR) is 141 cm³/mol. The van der Waals surface area contributed by atoms with E-state index in [1.54, 1.807) is 54.6 Å². The zero-order chi connectivity index (χ0) is 25.9. The van der Waals surface area contributed by atoms with Crippen LogP contribution < -0.4 is 9.50 Å². The molecule has 8 nitrogen and oxygen atoms in total. The number of carbonyl (C=O) groups is 3. The molecule has 0 radical (unpaired) electrons. The first kappa shape index (κ1) is 25.7. The minimum Gasteiger partial charge on any atom is -0.378 e. The molecule has 3 aromatic carbocycles. The van der Waals surface area contributed by atoms with E-state index in [2.05, 4.69) is 21.2 Å². The molecule has 0 aromatic heterocycles. The van der Waals surface area contributed by atoms with E-state index in [9.17, 15) is 22.8 Å². The fourth-order valence-electron chi connectivity index (χ4n) is 3.22. The number of hydrogen-bond donors (Lipinski definition) is 1. The SMILES string of the molecule is Cc1ccc(S(=O)(=O)Oc2ccc(Br)cc2/C=C2\SC(=O)N(CC(=O)Nc3ccccc3)C2=O)cc1. The molecule has 1 heterocycles. The van der Waals surface area contributed by atoms with Crippen molar-refractivity contribution in [2.24, 2.45) is 0 Å². The van der Waals surface area contributed by atoms with Gasteiger partial charge < -0.3 is 9.50 Å². The lowest BCUT2D eigenvalue weighted by Gasteiger charge is -2.12. The van der Waals surface area contributed by atoms with Crippen LogP contribution in [-0.4, -0.2) is 36.9 Å². The summed E-state index contributed by atoms with van der Waals surface area (Å²) >= 11 is 3.98. The number of para-hydroxylation sites is 1. The average Bonchev–Trinajstić information content (AvgIpc) is 3.09. The van der Waals surface area contributed by atoms with Crippen molar-refractivity contribution in [2.75, 3.05) is 11.9 Å². The largest absolute Gasteiger partial charge is 0.378 e. The van der Waals surface area contributed by atoms with Gasteiger partial charge in [0.05, 0.1) is 4.91 Å². The van der Waals surface area contributed by atoms with Gasteiger partial charge in [0, 0.05) is 15.7 Å². The monoisotopic (exact) mass is 586 g/mol. The first-order valence-electron chi connectivity index (χ1n) is 10.5. The molecule has 3 amide bonds. The van der Waals surface area contributed by atoms with E-state index in [4.69, 9.17) is 4.18 Å². The highest BCUT2D eigenvalue weighted by molar-refractivity contribution is 9.10. The quantitative estimate of drug-likeness (QED) is 0.299. The van der Waals surface area contributed by atoms with Crippen molar-refractivity contribution in [1.29, 1.82) is 0 Å². The van der Waals surface area contributed by atoms with Crippen molar-refractivity contribution in [3.05, 3.63) is 93.3 Å². The van der Waals surface area contributed by atoms with Crippen molar-refractivity contribution >= 4 is 66.6 Å². The predicted octanol–water partition coefficient (Wildman–Crippen LogP) is 5.20. The third-order valence-electron chi connectivity index (χ3n) is 5.00. The molecule has 11 heteroatoms. The Bertz CT molecular complexity index is 1470. The Morgan fingerprint density at radius 2 is 1.75 bits per heavy atom. The number of nitrogens with one attached hydrogen (secondary N) is 1. The Hall–Kier alpha value is -3.41. The summed E-state index contributed by atoms with van der Waals surface area (Å²) in [4.78, 5) is 38.6. The number of benzene rings is 3. The highest BCUT2D eigenvalue weighted by Crippen LogP contribution is 2.35. The van der Waals surface area contributed by atoms with Gasteiger partial charge in [0.15, 0.2) is 0 Å². The molecule has 1 fully saturated rings. The number of imide groups is 1. The molecule has 0 unspecified atom stereocenters. The Morgan fingerprint density at radius 1 is 1.06 bits per heavy atom. The maximum absolute atomic E-state index is 12.9. The molecule has 1 saturated heterocycles. The van der Waals surface area contributed by atoms with Crippen LogP contribution in [0.5, 0.6) is 5.75 Å². The van der Waals surface area contributed by atoms with Gasteiger partial charge >= 0.3 is 10.1 Å². The van der Waals surface area contributed by atoms with Crippen LogP contribution in [-0.2, 0) is 19.7 Å². The summed E-state index contributed by atoms with van der Waals surface area (Å²) in [5.41, 5.74) is 1.70. The highest BCUT2D eigenvalue weighted by atomic mass is 79.9. The van der Waals surface area contributed by atoms with Crippen LogP contribution in [0.1, 0.15) is 11.1 Å². The van der Waals surface area contributed by atoms with Crippen molar-refractivity contribution in [1.82, 2.24) is 4.90 Å². The second-order valence-electron chi connectivity index (χ2n) is 7.71.